The Hall–Kier alpha value is -2.02. The van der Waals surface area contributed by atoms with Crippen LogP contribution in [0.25, 0.3) is 5.82 Å². The normalized spacial score (nSPS) is 10.2. The predicted octanol–water partition coefficient (Wildman–Crippen LogP) is 1.22. The van der Waals surface area contributed by atoms with Gasteiger partial charge in [-0.3, -0.25) is 4.57 Å². The minimum Gasteiger partial charge on any atom is -0.358 e. The Balaban J connectivity index is 2.41. The summed E-state index contributed by atoms with van der Waals surface area (Å²) in [6, 6.07) is 1.48. The van der Waals surface area contributed by atoms with Crippen LogP contribution in [0.5, 0.6) is 0 Å². The van der Waals surface area contributed by atoms with E-state index in [0.717, 1.165) is 0 Å². The molecule has 2 heterocycles. The Bertz CT molecular complexity index is 512. The van der Waals surface area contributed by atoms with Crippen molar-refractivity contribution in [1.82, 2.24) is 19.5 Å². The van der Waals surface area contributed by atoms with E-state index in [1.807, 2.05) is 0 Å². The molecule has 2 rings (SSSR count). The van der Waals surface area contributed by atoms with E-state index in [0.29, 0.717) is 5.82 Å². The number of hydrogen-bond donors (Lipinski definition) is 0. The Labute approximate surface area is 88.5 Å². The summed E-state index contributed by atoms with van der Waals surface area (Å²) in [6.45, 7) is 0. The molecule has 7 nitrogen and oxygen atoms in total. The molecule has 0 aliphatic rings. The first-order valence-corrected chi connectivity index (χ1v) is 4.21. The fourth-order valence-electron chi connectivity index (χ4n) is 0.997. The third kappa shape index (κ3) is 1.91. The van der Waals surface area contributed by atoms with Crippen LogP contribution in [0.15, 0.2) is 24.9 Å². The molecule has 0 aliphatic carbocycles. The first-order valence-electron chi connectivity index (χ1n) is 3.83. The number of nitro groups is 1. The lowest BCUT2D eigenvalue weighted by molar-refractivity contribution is -0.389. The maximum atomic E-state index is 10.4. The third-order valence-corrected chi connectivity index (χ3v) is 1.85. The van der Waals surface area contributed by atoms with Gasteiger partial charge >= 0.3 is 5.82 Å². The van der Waals surface area contributed by atoms with Gasteiger partial charge in [-0.15, -0.1) is 0 Å². The molecule has 0 fully saturated rings. The molecular weight excluding hydrogens is 222 g/mol. The van der Waals surface area contributed by atoms with Gasteiger partial charge in [0.2, 0.25) is 6.33 Å². The van der Waals surface area contributed by atoms with Gasteiger partial charge in [-0.05, 0) is 9.91 Å². The second-order valence-corrected chi connectivity index (χ2v) is 2.98. The topological polar surface area (TPSA) is 86.7 Å². The monoisotopic (exact) mass is 225 g/mol. The minimum atomic E-state index is -0.584. The molecule has 0 aliphatic heterocycles. The molecule has 8 heteroatoms. The van der Waals surface area contributed by atoms with Gasteiger partial charge in [-0.1, -0.05) is 11.6 Å². The van der Waals surface area contributed by atoms with Crippen LogP contribution in [0.2, 0.25) is 5.15 Å². The van der Waals surface area contributed by atoms with E-state index in [2.05, 4.69) is 15.0 Å². The van der Waals surface area contributed by atoms with Gasteiger partial charge in [0.15, 0.2) is 0 Å². The van der Waals surface area contributed by atoms with E-state index in [-0.39, 0.29) is 11.0 Å². The highest BCUT2D eigenvalue weighted by Gasteiger charge is 2.11. The van der Waals surface area contributed by atoms with Crippen LogP contribution in [0.1, 0.15) is 0 Å². The number of aromatic nitrogens is 4. The molecule has 0 spiro atoms. The standard InChI is InChI=1S/C7H4ClN5O2/c8-5-1-6(10-3-9-5)12-2-7(11-4-12)13(14)15/h1-4H. The Kier molecular flexibility index (Phi) is 2.30. The Morgan fingerprint density at radius 3 is 2.80 bits per heavy atom. The number of rotatable bonds is 2. The van der Waals surface area contributed by atoms with Crippen molar-refractivity contribution in [3.63, 3.8) is 0 Å². The molecule has 76 valence electrons. The second kappa shape index (κ2) is 3.62. The maximum Gasteiger partial charge on any atom is 0.381 e. The zero-order valence-electron chi connectivity index (χ0n) is 7.24. The summed E-state index contributed by atoms with van der Waals surface area (Å²) in [5.74, 6) is 0.181. The largest absolute Gasteiger partial charge is 0.381 e. The second-order valence-electron chi connectivity index (χ2n) is 2.60. The van der Waals surface area contributed by atoms with Crippen LogP contribution < -0.4 is 0 Å². The molecule has 2 aromatic heterocycles. The average molecular weight is 226 g/mol. The zero-order chi connectivity index (χ0) is 10.8. The molecular formula is C7H4ClN5O2. The third-order valence-electron chi connectivity index (χ3n) is 1.64. The van der Waals surface area contributed by atoms with Crippen molar-refractivity contribution in [3.8, 4) is 5.82 Å². The summed E-state index contributed by atoms with van der Waals surface area (Å²) in [7, 11) is 0. The van der Waals surface area contributed by atoms with E-state index in [1.165, 1.54) is 29.5 Å². The SMILES string of the molecule is O=[N+]([O-])c1cn(-c2cc(Cl)ncn2)cn1. The quantitative estimate of drug-likeness (QED) is 0.436. The lowest BCUT2D eigenvalue weighted by atomic mass is 10.6. The van der Waals surface area contributed by atoms with Crippen molar-refractivity contribution in [1.29, 1.82) is 0 Å². The van der Waals surface area contributed by atoms with Gasteiger partial charge in [0.05, 0.1) is 0 Å². The number of hydrogen-bond acceptors (Lipinski definition) is 5. The molecule has 0 unspecified atom stereocenters. The van der Waals surface area contributed by atoms with E-state index >= 15 is 0 Å². The molecule has 0 atom stereocenters. The summed E-state index contributed by atoms with van der Waals surface area (Å²) in [5.41, 5.74) is 0. The van der Waals surface area contributed by atoms with Crippen molar-refractivity contribution >= 4 is 17.4 Å². The van der Waals surface area contributed by atoms with Gasteiger partial charge < -0.3 is 10.1 Å². The highest BCUT2D eigenvalue weighted by molar-refractivity contribution is 6.29. The van der Waals surface area contributed by atoms with Gasteiger partial charge in [0.1, 0.15) is 23.5 Å². The lowest BCUT2D eigenvalue weighted by Crippen LogP contribution is -1.94. The van der Waals surface area contributed by atoms with Crippen molar-refractivity contribution < 1.29 is 4.92 Å². The van der Waals surface area contributed by atoms with Gasteiger partial charge in [0.25, 0.3) is 0 Å². The summed E-state index contributed by atoms with van der Waals surface area (Å²) in [4.78, 5) is 21.0. The molecule has 15 heavy (non-hydrogen) atoms. The van der Waals surface area contributed by atoms with E-state index in [4.69, 9.17) is 11.6 Å². The molecule has 0 N–H and O–H groups in total. The van der Waals surface area contributed by atoms with Crippen molar-refractivity contribution in [2.75, 3.05) is 0 Å². The molecule has 0 saturated heterocycles. The molecule has 2 aromatic rings. The lowest BCUT2D eigenvalue weighted by Gasteiger charge is -1.97. The highest BCUT2D eigenvalue weighted by atomic mass is 35.5. The van der Waals surface area contributed by atoms with Gasteiger partial charge in [0, 0.05) is 6.07 Å². The maximum absolute atomic E-state index is 10.4. The molecule has 0 saturated carbocycles. The molecule has 0 aromatic carbocycles. The molecule has 0 amide bonds. The van der Waals surface area contributed by atoms with E-state index < -0.39 is 4.92 Å². The number of imidazole rings is 1. The molecule has 0 bridgehead atoms. The smallest absolute Gasteiger partial charge is 0.358 e. The predicted molar refractivity (Wildman–Crippen MR) is 50.8 cm³/mol. The first-order chi connectivity index (χ1) is 7.16. The Morgan fingerprint density at radius 2 is 2.20 bits per heavy atom. The van der Waals surface area contributed by atoms with Crippen molar-refractivity contribution in [2.45, 2.75) is 0 Å². The zero-order valence-corrected chi connectivity index (χ0v) is 8.00. The summed E-state index contributed by atoms with van der Waals surface area (Å²) in [5, 5.41) is 10.6. The number of halogens is 1. The first kappa shape index (κ1) is 9.53. The van der Waals surface area contributed by atoms with Crippen LogP contribution in [0.4, 0.5) is 5.82 Å². The Morgan fingerprint density at radius 1 is 1.40 bits per heavy atom. The van der Waals surface area contributed by atoms with Crippen LogP contribution in [0.3, 0.4) is 0 Å². The van der Waals surface area contributed by atoms with Crippen LogP contribution in [-0.2, 0) is 0 Å². The van der Waals surface area contributed by atoms with E-state index in [1.54, 1.807) is 0 Å². The van der Waals surface area contributed by atoms with Gasteiger partial charge in [-0.2, -0.15) is 0 Å². The van der Waals surface area contributed by atoms with Gasteiger partial charge in [-0.25, -0.2) is 9.97 Å². The summed E-state index contributed by atoms with van der Waals surface area (Å²) in [6.07, 6.45) is 3.80. The fraction of sp³-hybridized carbons (Fsp3) is 0. The minimum absolute atomic E-state index is 0.246. The average Bonchev–Trinajstić information content (AvgIpc) is 2.66. The molecule has 0 radical (unpaired) electrons. The van der Waals surface area contributed by atoms with Crippen LogP contribution in [-0.4, -0.2) is 24.4 Å². The number of nitrogens with zero attached hydrogens (tertiary/aromatic N) is 5. The van der Waals surface area contributed by atoms with Crippen LogP contribution in [0, 0.1) is 10.1 Å². The van der Waals surface area contributed by atoms with Crippen molar-refractivity contribution in [2.24, 2.45) is 0 Å². The van der Waals surface area contributed by atoms with Crippen molar-refractivity contribution in [3.05, 3.63) is 40.2 Å². The van der Waals surface area contributed by atoms with E-state index in [9.17, 15) is 10.1 Å². The van der Waals surface area contributed by atoms with Crippen LogP contribution >= 0.6 is 11.6 Å². The highest BCUT2D eigenvalue weighted by Crippen LogP contribution is 2.12. The summed E-state index contributed by atoms with van der Waals surface area (Å²) < 4.78 is 1.39. The summed E-state index contributed by atoms with van der Waals surface area (Å²) >= 11 is 5.65. The fourth-order valence-corrected chi connectivity index (χ4v) is 1.14.